The first kappa shape index (κ1) is 19.6. The van der Waals surface area contributed by atoms with E-state index in [4.69, 9.17) is 14.2 Å². The molecule has 0 amide bonds. The topological polar surface area (TPSA) is 66.8 Å². The molecule has 0 radical (unpaired) electrons. The predicted molar refractivity (Wildman–Crippen MR) is 103 cm³/mol. The number of methoxy groups -OCH3 is 2. The monoisotopic (exact) mass is 389 g/mol. The second-order valence-corrected chi connectivity index (χ2v) is 8.16. The Morgan fingerprint density at radius 1 is 1.00 bits per heavy atom. The summed E-state index contributed by atoms with van der Waals surface area (Å²) < 4.78 is 43.7. The maximum atomic E-state index is 13.2. The zero-order chi connectivity index (χ0) is 19.7. The zero-order valence-corrected chi connectivity index (χ0v) is 16.6. The Balaban J connectivity index is 2.06. The summed E-state index contributed by atoms with van der Waals surface area (Å²) in [5, 5.41) is 0.794. The van der Waals surface area contributed by atoms with E-state index in [2.05, 4.69) is 0 Å². The van der Waals surface area contributed by atoms with Crippen molar-refractivity contribution >= 4 is 20.9 Å². The highest BCUT2D eigenvalue weighted by Gasteiger charge is 2.26. The number of hydrogen-bond donors (Lipinski definition) is 0. The van der Waals surface area contributed by atoms with Gasteiger partial charge in [0, 0.05) is 38.3 Å². The highest BCUT2D eigenvalue weighted by atomic mass is 32.2. The molecule has 0 aliphatic rings. The van der Waals surface area contributed by atoms with Crippen molar-refractivity contribution < 1.29 is 22.6 Å². The Morgan fingerprint density at radius 2 is 1.63 bits per heavy atom. The van der Waals surface area contributed by atoms with E-state index in [9.17, 15) is 8.42 Å². The van der Waals surface area contributed by atoms with Gasteiger partial charge in [-0.2, -0.15) is 0 Å². The van der Waals surface area contributed by atoms with Crippen molar-refractivity contribution in [3.05, 3.63) is 65.9 Å². The Morgan fingerprint density at radius 3 is 2.26 bits per heavy atom. The molecule has 0 aliphatic carbocycles. The van der Waals surface area contributed by atoms with E-state index in [1.54, 1.807) is 43.5 Å². The molecular formula is C20H23NO5S. The van der Waals surface area contributed by atoms with Crippen LogP contribution in [0.25, 0.3) is 10.9 Å². The van der Waals surface area contributed by atoms with Crippen LogP contribution in [0.2, 0.25) is 0 Å². The molecule has 0 saturated carbocycles. The molecule has 0 saturated heterocycles. The van der Waals surface area contributed by atoms with E-state index in [-0.39, 0.29) is 11.5 Å². The van der Waals surface area contributed by atoms with Gasteiger partial charge in [-0.3, -0.25) is 0 Å². The van der Waals surface area contributed by atoms with Crippen molar-refractivity contribution in [1.29, 1.82) is 0 Å². The fourth-order valence-electron chi connectivity index (χ4n) is 2.77. The Kier molecular flexibility index (Phi) is 5.39. The van der Waals surface area contributed by atoms with Crippen LogP contribution in [0.3, 0.4) is 0 Å². The smallest absolute Gasteiger partial charge is 0.279 e. The lowest BCUT2D eigenvalue weighted by molar-refractivity contribution is -0.355. The maximum Gasteiger partial charge on any atom is 0.279 e. The van der Waals surface area contributed by atoms with Gasteiger partial charge in [-0.05, 0) is 25.1 Å². The second kappa shape index (κ2) is 7.44. The van der Waals surface area contributed by atoms with E-state index in [1.165, 1.54) is 18.2 Å². The van der Waals surface area contributed by atoms with Crippen LogP contribution in [0.5, 0.6) is 0 Å². The van der Waals surface area contributed by atoms with Crippen LogP contribution < -0.4 is 0 Å². The molecule has 0 N–H and O–H groups in total. The van der Waals surface area contributed by atoms with Crippen LogP contribution in [0.4, 0.5) is 0 Å². The summed E-state index contributed by atoms with van der Waals surface area (Å²) in [5.74, 6) is -1.21. The third kappa shape index (κ3) is 3.77. The lowest BCUT2D eigenvalue weighted by Gasteiger charge is -2.25. The van der Waals surface area contributed by atoms with Gasteiger partial charge in [0.25, 0.3) is 16.0 Å². The van der Waals surface area contributed by atoms with E-state index in [0.717, 1.165) is 16.5 Å². The van der Waals surface area contributed by atoms with Gasteiger partial charge in [0.05, 0.1) is 17.0 Å². The van der Waals surface area contributed by atoms with Gasteiger partial charge in [-0.25, -0.2) is 12.4 Å². The average molecular weight is 389 g/mol. The molecule has 27 heavy (non-hydrogen) atoms. The molecular weight excluding hydrogens is 366 g/mol. The summed E-state index contributed by atoms with van der Waals surface area (Å²) >= 11 is 0. The zero-order valence-electron chi connectivity index (χ0n) is 15.8. The van der Waals surface area contributed by atoms with E-state index < -0.39 is 16.0 Å². The van der Waals surface area contributed by atoms with Crippen LogP contribution >= 0.6 is 0 Å². The van der Waals surface area contributed by atoms with Gasteiger partial charge >= 0.3 is 0 Å². The first-order valence-electron chi connectivity index (χ1n) is 8.46. The Bertz CT molecular complexity index is 1030. The molecule has 2 aromatic carbocycles. The SMILES string of the molecule is COC(C)(OC)OCc1cn(S(=O)(=O)c2ccc(C)cc2)c2ccccc12. The third-order valence-electron chi connectivity index (χ3n) is 4.57. The summed E-state index contributed by atoms with van der Waals surface area (Å²) in [6, 6.07) is 14.1. The minimum atomic E-state index is -3.73. The van der Waals surface area contributed by atoms with Crippen LogP contribution in [0.1, 0.15) is 18.1 Å². The van der Waals surface area contributed by atoms with Crippen molar-refractivity contribution in [2.45, 2.75) is 31.3 Å². The number of para-hydroxylation sites is 1. The number of fused-ring (bicyclic) bond motifs is 1. The van der Waals surface area contributed by atoms with Crippen molar-refractivity contribution in [2.75, 3.05) is 14.2 Å². The molecule has 0 bridgehead atoms. The van der Waals surface area contributed by atoms with E-state index in [0.29, 0.717) is 5.52 Å². The minimum absolute atomic E-state index is 0.134. The van der Waals surface area contributed by atoms with Crippen LogP contribution in [-0.4, -0.2) is 32.6 Å². The predicted octanol–water partition coefficient (Wildman–Crippen LogP) is 3.67. The molecule has 0 aliphatic heterocycles. The number of hydrogen-bond acceptors (Lipinski definition) is 5. The van der Waals surface area contributed by atoms with Crippen LogP contribution in [0, 0.1) is 6.92 Å². The van der Waals surface area contributed by atoms with E-state index >= 15 is 0 Å². The first-order chi connectivity index (χ1) is 12.8. The summed E-state index contributed by atoms with van der Waals surface area (Å²) in [7, 11) is -0.766. The fraction of sp³-hybridized carbons (Fsp3) is 0.300. The van der Waals surface area contributed by atoms with Crippen LogP contribution in [-0.2, 0) is 30.8 Å². The lowest BCUT2D eigenvalue weighted by Crippen LogP contribution is -2.32. The molecule has 0 unspecified atom stereocenters. The number of nitrogens with zero attached hydrogens (tertiary/aromatic N) is 1. The molecule has 6 nitrogen and oxygen atoms in total. The molecule has 144 valence electrons. The van der Waals surface area contributed by atoms with Crippen molar-refractivity contribution in [2.24, 2.45) is 0 Å². The van der Waals surface area contributed by atoms with Crippen molar-refractivity contribution in [1.82, 2.24) is 3.97 Å². The number of benzene rings is 2. The van der Waals surface area contributed by atoms with E-state index in [1.807, 2.05) is 25.1 Å². The normalized spacial score (nSPS) is 12.6. The highest BCUT2D eigenvalue weighted by molar-refractivity contribution is 7.90. The molecule has 0 atom stereocenters. The molecule has 3 aromatic rings. The average Bonchev–Trinajstić information content (AvgIpc) is 3.06. The molecule has 0 fully saturated rings. The highest BCUT2D eigenvalue weighted by Crippen LogP contribution is 2.28. The third-order valence-corrected chi connectivity index (χ3v) is 6.26. The number of aromatic nitrogens is 1. The summed E-state index contributed by atoms with van der Waals surface area (Å²) in [6.07, 6.45) is 1.59. The standard InChI is InChI=1S/C20H23NO5S/c1-15-9-11-17(12-10-15)27(22,23)21-13-16(14-26-20(2,24-3)25-4)18-7-5-6-8-19(18)21/h5-13H,14H2,1-4H3. The summed E-state index contributed by atoms with van der Waals surface area (Å²) in [5.41, 5.74) is 2.31. The quantitative estimate of drug-likeness (QED) is 0.577. The number of rotatable bonds is 7. The van der Waals surface area contributed by atoms with Gasteiger partial charge in [-0.1, -0.05) is 35.9 Å². The van der Waals surface area contributed by atoms with Crippen molar-refractivity contribution in [3.63, 3.8) is 0 Å². The molecule has 0 spiro atoms. The lowest BCUT2D eigenvalue weighted by atomic mass is 10.2. The van der Waals surface area contributed by atoms with Gasteiger partial charge in [0.15, 0.2) is 0 Å². The summed E-state index contributed by atoms with van der Waals surface area (Å²) in [4.78, 5) is 0.236. The number of aryl methyl sites for hydroxylation is 1. The Labute approximate surface area is 159 Å². The Hall–Kier alpha value is -2.19. The minimum Gasteiger partial charge on any atom is -0.331 e. The number of ether oxygens (including phenoxy) is 3. The van der Waals surface area contributed by atoms with Gasteiger partial charge in [-0.15, -0.1) is 0 Å². The molecule has 7 heteroatoms. The van der Waals surface area contributed by atoms with Crippen molar-refractivity contribution in [3.8, 4) is 0 Å². The molecule has 1 aromatic heterocycles. The second-order valence-electron chi connectivity index (χ2n) is 6.34. The molecule has 3 rings (SSSR count). The fourth-order valence-corrected chi connectivity index (χ4v) is 4.16. The first-order valence-corrected chi connectivity index (χ1v) is 9.90. The summed E-state index contributed by atoms with van der Waals surface area (Å²) in [6.45, 7) is 3.70. The van der Waals surface area contributed by atoms with Gasteiger partial charge in [0.2, 0.25) is 0 Å². The molecule has 1 heterocycles. The largest absolute Gasteiger partial charge is 0.331 e. The maximum absolute atomic E-state index is 13.2. The van der Waals surface area contributed by atoms with Crippen LogP contribution in [0.15, 0.2) is 59.6 Å². The van der Waals surface area contributed by atoms with Gasteiger partial charge in [0.1, 0.15) is 0 Å². The van der Waals surface area contributed by atoms with Gasteiger partial charge < -0.3 is 14.2 Å².